The molecule has 1 aromatic heterocycles. The minimum absolute atomic E-state index is 0.214. The molecule has 1 fully saturated rings. The third kappa shape index (κ3) is 2.29. The topological polar surface area (TPSA) is 61.3 Å². The van der Waals surface area contributed by atoms with Crippen LogP contribution in [0.1, 0.15) is 18.6 Å². The quantitative estimate of drug-likeness (QED) is 0.732. The van der Waals surface area contributed by atoms with Crippen LogP contribution in [-0.4, -0.2) is 23.9 Å². The molecule has 0 bridgehead atoms. The summed E-state index contributed by atoms with van der Waals surface area (Å²) in [5.41, 5.74) is 5.71. The lowest BCUT2D eigenvalue weighted by molar-refractivity contribution is 0.00277. The Balaban J connectivity index is 1.83. The lowest BCUT2D eigenvalue weighted by atomic mass is 10.0. The molecule has 2 heterocycles. The Kier molecular flexibility index (Phi) is 2.61. The molecule has 4 heteroatoms. The van der Waals surface area contributed by atoms with Crippen molar-refractivity contribution in [2.24, 2.45) is 5.73 Å². The van der Waals surface area contributed by atoms with Crippen LogP contribution in [0.5, 0.6) is 0 Å². The van der Waals surface area contributed by atoms with E-state index in [1.165, 1.54) is 0 Å². The van der Waals surface area contributed by atoms with Gasteiger partial charge in [-0.1, -0.05) is 5.16 Å². The molecule has 0 unspecified atom stereocenters. The van der Waals surface area contributed by atoms with Gasteiger partial charge in [0.25, 0.3) is 0 Å². The van der Waals surface area contributed by atoms with Gasteiger partial charge in [-0.15, -0.1) is 0 Å². The van der Waals surface area contributed by atoms with E-state index in [0.717, 1.165) is 25.0 Å². The summed E-state index contributed by atoms with van der Waals surface area (Å²) in [7, 11) is 0. The van der Waals surface area contributed by atoms with Crippen molar-refractivity contribution in [3.63, 3.8) is 0 Å². The number of ether oxygens (including phenoxy) is 1. The normalized spacial score (nSPS) is 29.0. The minimum Gasteiger partial charge on any atom is -0.376 e. The first kappa shape index (κ1) is 8.72. The highest BCUT2D eigenvalue weighted by atomic mass is 16.5. The molecular formula is C9H14N2O2. The van der Waals surface area contributed by atoms with Crippen LogP contribution >= 0.6 is 0 Å². The predicted octanol–water partition coefficient (Wildman–Crippen LogP) is 0.723. The zero-order valence-electron chi connectivity index (χ0n) is 7.48. The van der Waals surface area contributed by atoms with Crippen LogP contribution in [0.15, 0.2) is 16.8 Å². The highest BCUT2D eigenvalue weighted by molar-refractivity contribution is 4.95. The van der Waals surface area contributed by atoms with Gasteiger partial charge in [0, 0.05) is 18.5 Å². The van der Waals surface area contributed by atoms with Crippen molar-refractivity contribution in [1.29, 1.82) is 0 Å². The Morgan fingerprint density at radius 1 is 1.54 bits per heavy atom. The van der Waals surface area contributed by atoms with Crippen molar-refractivity contribution >= 4 is 0 Å². The first-order valence-corrected chi connectivity index (χ1v) is 4.61. The third-order valence-electron chi connectivity index (χ3n) is 2.33. The Labute approximate surface area is 77.0 Å². The van der Waals surface area contributed by atoms with E-state index in [1.807, 2.05) is 6.07 Å². The molecule has 0 aromatic carbocycles. The van der Waals surface area contributed by atoms with E-state index in [2.05, 4.69) is 5.16 Å². The van der Waals surface area contributed by atoms with Crippen molar-refractivity contribution in [2.45, 2.75) is 31.4 Å². The molecule has 1 saturated heterocycles. The molecule has 1 aliphatic heterocycles. The maximum absolute atomic E-state index is 5.71. The zero-order chi connectivity index (χ0) is 9.10. The van der Waals surface area contributed by atoms with Crippen LogP contribution in [0.3, 0.4) is 0 Å². The molecule has 72 valence electrons. The second-order valence-corrected chi connectivity index (χ2v) is 3.48. The second kappa shape index (κ2) is 3.89. The summed E-state index contributed by atoms with van der Waals surface area (Å²) in [5.74, 6) is 0.889. The number of hydrogen-bond donors (Lipinski definition) is 1. The molecular weight excluding hydrogens is 168 g/mol. The van der Waals surface area contributed by atoms with Gasteiger partial charge in [-0.05, 0) is 12.8 Å². The van der Waals surface area contributed by atoms with Crippen molar-refractivity contribution < 1.29 is 9.26 Å². The van der Waals surface area contributed by atoms with Crippen molar-refractivity contribution in [3.8, 4) is 0 Å². The van der Waals surface area contributed by atoms with Gasteiger partial charge in [-0.25, -0.2) is 0 Å². The van der Waals surface area contributed by atoms with Gasteiger partial charge in [-0.2, -0.15) is 0 Å². The maximum atomic E-state index is 5.71. The summed E-state index contributed by atoms with van der Waals surface area (Å²) in [4.78, 5) is 0. The van der Waals surface area contributed by atoms with E-state index in [0.29, 0.717) is 6.61 Å². The molecule has 2 N–H and O–H groups in total. The fourth-order valence-electron chi connectivity index (χ4n) is 1.56. The molecule has 2 atom stereocenters. The standard InChI is InChI=1S/C9H14N2O2/c10-7-1-2-8(12-6-7)5-9-3-4-11-13-9/h3-4,7-8H,1-2,5-6,10H2/t7-,8+/m1/s1. The Bertz CT molecular complexity index is 240. The molecule has 0 amide bonds. The van der Waals surface area contributed by atoms with Gasteiger partial charge >= 0.3 is 0 Å². The van der Waals surface area contributed by atoms with Crippen molar-refractivity contribution in [3.05, 3.63) is 18.0 Å². The van der Waals surface area contributed by atoms with Gasteiger partial charge in [0.05, 0.1) is 18.9 Å². The summed E-state index contributed by atoms with van der Waals surface area (Å²) in [6.45, 7) is 0.665. The molecule has 2 rings (SSSR count). The molecule has 1 aliphatic rings. The maximum Gasteiger partial charge on any atom is 0.139 e. The summed E-state index contributed by atoms with van der Waals surface area (Å²) in [6, 6.07) is 2.09. The van der Waals surface area contributed by atoms with Crippen molar-refractivity contribution in [2.75, 3.05) is 6.61 Å². The van der Waals surface area contributed by atoms with Crippen LogP contribution in [0, 0.1) is 0 Å². The summed E-state index contributed by atoms with van der Waals surface area (Å²) in [5, 5.41) is 3.65. The average Bonchev–Trinajstić information content (AvgIpc) is 2.62. The molecule has 4 nitrogen and oxygen atoms in total. The molecule has 1 aromatic rings. The Morgan fingerprint density at radius 2 is 2.46 bits per heavy atom. The summed E-state index contributed by atoms with van der Waals surface area (Å²) in [6.07, 6.45) is 4.78. The van der Waals surface area contributed by atoms with Gasteiger partial charge in [-0.3, -0.25) is 0 Å². The summed E-state index contributed by atoms with van der Waals surface area (Å²) >= 11 is 0. The van der Waals surface area contributed by atoms with E-state index in [4.69, 9.17) is 15.0 Å². The van der Waals surface area contributed by atoms with Crippen LogP contribution in [0.2, 0.25) is 0 Å². The monoisotopic (exact) mass is 182 g/mol. The highest BCUT2D eigenvalue weighted by Crippen LogP contribution is 2.16. The first-order chi connectivity index (χ1) is 6.34. The van der Waals surface area contributed by atoms with Crippen LogP contribution in [-0.2, 0) is 11.2 Å². The number of hydrogen-bond acceptors (Lipinski definition) is 4. The van der Waals surface area contributed by atoms with E-state index in [1.54, 1.807) is 6.20 Å². The molecule has 13 heavy (non-hydrogen) atoms. The predicted molar refractivity (Wildman–Crippen MR) is 47.2 cm³/mol. The van der Waals surface area contributed by atoms with Crippen LogP contribution < -0.4 is 5.73 Å². The van der Waals surface area contributed by atoms with E-state index in [9.17, 15) is 0 Å². The fraction of sp³-hybridized carbons (Fsp3) is 0.667. The first-order valence-electron chi connectivity index (χ1n) is 4.61. The lowest BCUT2D eigenvalue weighted by Crippen LogP contribution is -2.36. The van der Waals surface area contributed by atoms with E-state index < -0.39 is 0 Å². The Hall–Kier alpha value is -0.870. The van der Waals surface area contributed by atoms with Gasteiger partial charge in [0.15, 0.2) is 0 Å². The third-order valence-corrected chi connectivity index (χ3v) is 2.33. The second-order valence-electron chi connectivity index (χ2n) is 3.48. The number of nitrogens with zero attached hydrogens (tertiary/aromatic N) is 1. The number of rotatable bonds is 2. The number of nitrogens with two attached hydrogens (primary N) is 1. The fourth-order valence-corrected chi connectivity index (χ4v) is 1.56. The van der Waals surface area contributed by atoms with Gasteiger partial charge < -0.3 is 15.0 Å². The average molecular weight is 182 g/mol. The molecule has 0 radical (unpaired) electrons. The Morgan fingerprint density at radius 3 is 3.08 bits per heavy atom. The number of aromatic nitrogens is 1. The molecule has 0 spiro atoms. The minimum atomic E-state index is 0.214. The van der Waals surface area contributed by atoms with E-state index >= 15 is 0 Å². The zero-order valence-corrected chi connectivity index (χ0v) is 7.48. The van der Waals surface area contributed by atoms with E-state index in [-0.39, 0.29) is 12.1 Å². The molecule has 0 aliphatic carbocycles. The lowest BCUT2D eigenvalue weighted by Gasteiger charge is -2.25. The summed E-state index contributed by atoms with van der Waals surface area (Å²) < 4.78 is 10.6. The SMILES string of the molecule is N[C@@H]1CC[C@@H](Cc2ccno2)OC1. The molecule has 0 saturated carbocycles. The van der Waals surface area contributed by atoms with Crippen LogP contribution in [0.4, 0.5) is 0 Å². The van der Waals surface area contributed by atoms with Gasteiger partial charge in [0.2, 0.25) is 0 Å². The van der Waals surface area contributed by atoms with Crippen LogP contribution in [0.25, 0.3) is 0 Å². The largest absolute Gasteiger partial charge is 0.376 e. The van der Waals surface area contributed by atoms with Gasteiger partial charge in [0.1, 0.15) is 5.76 Å². The smallest absolute Gasteiger partial charge is 0.139 e. The highest BCUT2D eigenvalue weighted by Gasteiger charge is 2.20. The van der Waals surface area contributed by atoms with Crippen molar-refractivity contribution in [1.82, 2.24) is 5.16 Å².